The van der Waals surface area contributed by atoms with Gasteiger partial charge in [-0.3, -0.25) is 9.36 Å². The first-order valence-electron chi connectivity index (χ1n) is 14.0. The number of hydrogen-bond acceptors (Lipinski definition) is 6. The number of halogens is 3. The zero-order valence-corrected chi connectivity index (χ0v) is 24.5. The number of nitrogens with zero attached hydrogens (tertiary/aromatic N) is 4. The van der Waals surface area contributed by atoms with Crippen molar-refractivity contribution < 1.29 is 22.4 Å². The van der Waals surface area contributed by atoms with Crippen LogP contribution >= 0.6 is 11.8 Å². The normalized spacial score (nSPS) is 12.2. The number of carbonyl (C=O) groups excluding carboxylic acids is 1. The summed E-state index contributed by atoms with van der Waals surface area (Å²) < 4.78 is 47.9. The number of thioether (sulfide) groups is 1. The molecule has 2 heterocycles. The van der Waals surface area contributed by atoms with Gasteiger partial charge in [-0.1, -0.05) is 109 Å². The van der Waals surface area contributed by atoms with E-state index in [4.69, 9.17) is 4.42 Å². The van der Waals surface area contributed by atoms with E-state index in [1.54, 1.807) is 10.6 Å². The van der Waals surface area contributed by atoms with Crippen LogP contribution in [0.5, 0.6) is 0 Å². The van der Waals surface area contributed by atoms with Gasteiger partial charge in [-0.25, -0.2) is 4.98 Å². The second-order valence-corrected chi connectivity index (χ2v) is 11.0. The van der Waals surface area contributed by atoms with E-state index in [2.05, 4.69) is 20.5 Å². The second-order valence-electron chi connectivity index (χ2n) is 10.1. The Hall–Kier alpha value is -5.16. The summed E-state index contributed by atoms with van der Waals surface area (Å²) in [5.74, 6) is 0.406. The molecule has 0 aliphatic carbocycles. The molecule has 0 aliphatic heterocycles. The monoisotopic (exact) mass is 625 g/mol. The van der Waals surface area contributed by atoms with Gasteiger partial charge in [0.15, 0.2) is 16.7 Å². The van der Waals surface area contributed by atoms with E-state index in [0.29, 0.717) is 23.0 Å². The molecule has 11 heteroatoms. The zero-order valence-electron chi connectivity index (χ0n) is 23.7. The van der Waals surface area contributed by atoms with Crippen LogP contribution in [0.1, 0.15) is 39.1 Å². The lowest BCUT2D eigenvalue weighted by molar-refractivity contribution is -0.137. The molecule has 1 atom stereocenters. The Balaban J connectivity index is 1.22. The van der Waals surface area contributed by atoms with Gasteiger partial charge in [0.2, 0.25) is 5.89 Å². The summed E-state index contributed by atoms with van der Waals surface area (Å²) in [7, 11) is 0. The van der Waals surface area contributed by atoms with Gasteiger partial charge in [-0.15, -0.1) is 10.2 Å². The minimum atomic E-state index is -4.51. The largest absolute Gasteiger partial charge is 0.447 e. The van der Waals surface area contributed by atoms with Crippen LogP contribution in [0.4, 0.5) is 13.2 Å². The molecule has 1 amide bonds. The van der Waals surface area contributed by atoms with Crippen molar-refractivity contribution in [1.29, 1.82) is 0 Å². The maximum absolute atomic E-state index is 13.6. The Labute approximate surface area is 261 Å². The van der Waals surface area contributed by atoms with Crippen LogP contribution in [-0.2, 0) is 18.3 Å². The fraction of sp³-hybridized carbons (Fsp3) is 0.118. The first kappa shape index (κ1) is 29.9. The molecule has 0 spiro atoms. The van der Waals surface area contributed by atoms with Gasteiger partial charge in [-0.2, -0.15) is 13.2 Å². The van der Waals surface area contributed by atoms with Crippen LogP contribution in [0, 0.1) is 0 Å². The Bertz CT molecular complexity index is 1880. The van der Waals surface area contributed by atoms with Crippen molar-refractivity contribution in [2.24, 2.45) is 0 Å². The third-order valence-corrected chi connectivity index (χ3v) is 7.91. The summed E-state index contributed by atoms with van der Waals surface area (Å²) in [6.07, 6.45) is -2.63. The highest BCUT2D eigenvalue weighted by Gasteiger charge is 2.31. The van der Waals surface area contributed by atoms with Crippen LogP contribution in [0.25, 0.3) is 17.1 Å². The molecule has 0 saturated carbocycles. The van der Waals surface area contributed by atoms with Crippen LogP contribution in [0.3, 0.4) is 0 Å². The smallest absolute Gasteiger partial charge is 0.416 e. The van der Waals surface area contributed by atoms with Gasteiger partial charge < -0.3 is 9.73 Å². The van der Waals surface area contributed by atoms with Crippen LogP contribution < -0.4 is 5.32 Å². The lowest BCUT2D eigenvalue weighted by Crippen LogP contribution is -2.30. The summed E-state index contributed by atoms with van der Waals surface area (Å²) in [6, 6.07) is 33.3. The fourth-order valence-corrected chi connectivity index (χ4v) is 5.62. The highest BCUT2D eigenvalue weighted by molar-refractivity contribution is 7.98. The number of alkyl halides is 3. The molecule has 226 valence electrons. The summed E-state index contributed by atoms with van der Waals surface area (Å²) in [4.78, 5) is 17.6. The van der Waals surface area contributed by atoms with Gasteiger partial charge >= 0.3 is 6.18 Å². The quantitative estimate of drug-likeness (QED) is 0.156. The molecule has 6 rings (SSSR count). The molecular formula is C34H26F3N5O2S. The highest BCUT2D eigenvalue weighted by Crippen LogP contribution is 2.34. The van der Waals surface area contributed by atoms with Crippen molar-refractivity contribution in [2.75, 3.05) is 0 Å². The molecule has 0 saturated heterocycles. The summed E-state index contributed by atoms with van der Waals surface area (Å²) >= 11 is 1.18. The lowest BCUT2D eigenvalue weighted by Gasteiger charge is -2.19. The highest BCUT2D eigenvalue weighted by atomic mass is 32.2. The van der Waals surface area contributed by atoms with Crippen LogP contribution in [0.2, 0.25) is 0 Å². The molecule has 0 radical (unpaired) electrons. The standard InChI is InChI=1S/C34H26F3N5O2S/c35-34(36,37)26-17-10-18-27(20-26)42-31(25-15-8-3-9-16-25)40-41-33(42)45-22-30-38-29(21-44-30)32(43)39-28(24-13-6-2-7-14-24)19-23-11-4-1-5-12-23/h1-18,20-21,28H,19,22H2,(H,39,43). The maximum atomic E-state index is 13.6. The first-order chi connectivity index (χ1) is 21.8. The van der Waals surface area contributed by atoms with E-state index in [0.717, 1.165) is 23.3 Å². The molecule has 45 heavy (non-hydrogen) atoms. The molecule has 0 aliphatic rings. The van der Waals surface area contributed by atoms with Crippen molar-refractivity contribution >= 4 is 17.7 Å². The third-order valence-electron chi connectivity index (χ3n) is 7.00. The van der Waals surface area contributed by atoms with Crippen molar-refractivity contribution in [2.45, 2.75) is 29.5 Å². The minimum absolute atomic E-state index is 0.115. The van der Waals surface area contributed by atoms with E-state index in [1.807, 2.05) is 91.0 Å². The minimum Gasteiger partial charge on any atom is -0.447 e. The van der Waals surface area contributed by atoms with Crippen molar-refractivity contribution in [3.63, 3.8) is 0 Å². The van der Waals surface area contributed by atoms with E-state index >= 15 is 0 Å². The number of oxazole rings is 1. The zero-order chi connectivity index (χ0) is 31.2. The lowest BCUT2D eigenvalue weighted by atomic mass is 9.99. The average Bonchev–Trinajstić information content (AvgIpc) is 3.72. The van der Waals surface area contributed by atoms with Gasteiger partial charge in [0.25, 0.3) is 5.91 Å². The van der Waals surface area contributed by atoms with Gasteiger partial charge in [0.1, 0.15) is 6.26 Å². The Morgan fingerprint density at radius 1 is 0.867 bits per heavy atom. The van der Waals surface area contributed by atoms with Gasteiger partial charge in [0.05, 0.1) is 23.0 Å². The number of aromatic nitrogens is 4. The topological polar surface area (TPSA) is 85.8 Å². The predicted octanol–water partition coefficient (Wildman–Crippen LogP) is 7.95. The summed E-state index contributed by atoms with van der Waals surface area (Å²) in [6.45, 7) is 0. The maximum Gasteiger partial charge on any atom is 0.416 e. The first-order valence-corrected chi connectivity index (χ1v) is 15.0. The molecule has 2 aromatic heterocycles. The van der Waals surface area contributed by atoms with Crippen molar-refractivity contribution in [3.05, 3.63) is 150 Å². The number of hydrogen-bond donors (Lipinski definition) is 1. The molecule has 0 fully saturated rings. The van der Waals surface area contributed by atoms with Gasteiger partial charge in [0, 0.05) is 5.56 Å². The molecule has 6 aromatic rings. The molecule has 4 aromatic carbocycles. The van der Waals surface area contributed by atoms with Crippen LogP contribution in [0.15, 0.2) is 131 Å². The molecular weight excluding hydrogens is 599 g/mol. The number of rotatable bonds is 10. The predicted molar refractivity (Wildman–Crippen MR) is 165 cm³/mol. The molecule has 1 unspecified atom stereocenters. The van der Waals surface area contributed by atoms with E-state index in [1.165, 1.54) is 24.1 Å². The van der Waals surface area contributed by atoms with Gasteiger partial charge in [-0.05, 0) is 35.7 Å². The number of carbonyl (C=O) groups is 1. The van der Waals surface area contributed by atoms with Crippen molar-refractivity contribution in [3.8, 4) is 17.1 Å². The Morgan fingerprint density at radius 2 is 1.56 bits per heavy atom. The molecule has 7 nitrogen and oxygen atoms in total. The molecule has 0 bridgehead atoms. The Morgan fingerprint density at radius 3 is 2.27 bits per heavy atom. The van der Waals surface area contributed by atoms with E-state index in [-0.39, 0.29) is 29.1 Å². The number of benzene rings is 4. The van der Waals surface area contributed by atoms with E-state index in [9.17, 15) is 18.0 Å². The van der Waals surface area contributed by atoms with Crippen molar-refractivity contribution in [1.82, 2.24) is 25.1 Å². The summed E-state index contributed by atoms with van der Waals surface area (Å²) in [5, 5.41) is 12.0. The Kier molecular flexibility index (Phi) is 8.79. The molecule has 1 N–H and O–H groups in total. The van der Waals surface area contributed by atoms with E-state index < -0.39 is 17.6 Å². The number of nitrogens with one attached hydrogen (secondary N) is 1. The average molecular weight is 626 g/mol. The number of amides is 1. The third kappa shape index (κ3) is 7.15. The SMILES string of the molecule is O=C(NC(Cc1ccccc1)c1ccccc1)c1coc(CSc2nnc(-c3ccccc3)n2-c2cccc(C(F)(F)F)c2)n1. The summed E-state index contributed by atoms with van der Waals surface area (Å²) in [5.41, 5.74) is 2.31. The fourth-order valence-electron chi connectivity index (χ4n) is 4.82. The van der Waals surface area contributed by atoms with Crippen LogP contribution in [-0.4, -0.2) is 25.7 Å². The second kappa shape index (κ2) is 13.2.